The fraction of sp³-hybridized carbons (Fsp3) is 0.714. The number of ether oxygens (including phenoxy) is 2. The molecule has 1 rings (SSSR count). The second-order valence-electron chi connectivity index (χ2n) is 5.08. The molecule has 0 aliphatic carbocycles. The van der Waals surface area contributed by atoms with Crippen LogP contribution in [0, 0.1) is 5.92 Å². The van der Waals surface area contributed by atoms with E-state index >= 15 is 0 Å². The van der Waals surface area contributed by atoms with Crippen LogP contribution in [0.15, 0.2) is 22.6 Å². The highest BCUT2D eigenvalue weighted by molar-refractivity contribution is 5.96. The molecular weight excluding hydrogens is 228 g/mol. The molecule has 0 N–H and O–H groups in total. The lowest BCUT2D eigenvalue weighted by molar-refractivity contribution is 0.305. The zero-order chi connectivity index (χ0) is 13.8. The maximum absolute atomic E-state index is 5.43. The third-order valence-corrected chi connectivity index (χ3v) is 3.20. The number of nitrogens with zero attached hydrogens (tertiary/aromatic N) is 2. The second-order valence-corrected chi connectivity index (χ2v) is 5.08. The number of rotatable bonds is 4. The lowest BCUT2D eigenvalue weighted by Gasteiger charge is -2.33. The highest BCUT2D eigenvalue weighted by atomic mass is 16.5. The fourth-order valence-corrected chi connectivity index (χ4v) is 2.10. The van der Waals surface area contributed by atoms with E-state index in [4.69, 9.17) is 14.5 Å². The Bertz CT molecular complexity index is 361. The van der Waals surface area contributed by atoms with Gasteiger partial charge in [0, 0.05) is 0 Å². The molecule has 0 aromatic rings. The van der Waals surface area contributed by atoms with Crippen molar-refractivity contribution < 1.29 is 9.47 Å². The minimum absolute atomic E-state index is 0.0539. The summed E-state index contributed by atoms with van der Waals surface area (Å²) in [6.07, 6.45) is 3.57. The van der Waals surface area contributed by atoms with Crippen molar-refractivity contribution in [3.63, 3.8) is 0 Å². The van der Waals surface area contributed by atoms with Crippen LogP contribution >= 0.6 is 0 Å². The zero-order valence-corrected chi connectivity index (χ0v) is 12.1. The van der Waals surface area contributed by atoms with Crippen molar-refractivity contribution in [2.24, 2.45) is 15.9 Å². The molecule has 0 fully saturated rings. The van der Waals surface area contributed by atoms with Crippen molar-refractivity contribution in [1.82, 2.24) is 0 Å². The van der Waals surface area contributed by atoms with E-state index in [9.17, 15) is 0 Å². The summed E-state index contributed by atoms with van der Waals surface area (Å²) in [4.78, 5) is 9.38. The summed E-state index contributed by atoms with van der Waals surface area (Å²) in [7, 11) is 3.30. The SMILES string of the molecule is C=CCC[C@@]1(C)N=C(OC)[C@@H](C(C)C)N=C1OC. The van der Waals surface area contributed by atoms with Gasteiger partial charge in [0.1, 0.15) is 11.6 Å². The summed E-state index contributed by atoms with van der Waals surface area (Å²) < 4.78 is 10.8. The molecule has 0 aromatic heterocycles. The topological polar surface area (TPSA) is 43.2 Å². The summed E-state index contributed by atoms with van der Waals surface area (Å²) in [6.45, 7) is 9.97. The van der Waals surface area contributed by atoms with Gasteiger partial charge >= 0.3 is 0 Å². The molecule has 1 aliphatic rings. The van der Waals surface area contributed by atoms with Gasteiger partial charge in [-0.15, -0.1) is 6.58 Å². The molecule has 1 aliphatic heterocycles. The van der Waals surface area contributed by atoms with Crippen LogP contribution in [0.1, 0.15) is 33.6 Å². The van der Waals surface area contributed by atoms with E-state index in [1.807, 2.05) is 13.0 Å². The van der Waals surface area contributed by atoms with Gasteiger partial charge in [0.15, 0.2) is 0 Å². The van der Waals surface area contributed by atoms with Crippen molar-refractivity contribution in [2.45, 2.75) is 45.2 Å². The summed E-state index contributed by atoms with van der Waals surface area (Å²) in [5, 5.41) is 0. The van der Waals surface area contributed by atoms with Gasteiger partial charge in [0.05, 0.1) is 14.2 Å². The van der Waals surface area contributed by atoms with E-state index in [1.54, 1.807) is 14.2 Å². The Morgan fingerprint density at radius 2 is 2.06 bits per heavy atom. The highest BCUT2D eigenvalue weighted by Gasteiger charge is 2.39. The molecule has 0 saturated carbocycles. The molecule has 1 heterocycles. The Hall–Kier alpha value is -1.32. The molecule has 0 saturated heterocycles. The number of hydrogen-bond acceptors (Lipinski definition) is 4. The van der Waals surface area contributed by atoms with E-state index in [1.165, 1.54) is 0 Å². The Morgan fingerprint density at radius 3 is 2.50 bits per heavy atom. The minimum Gasteiger partial charge on any atom is -0.483 e. The largest absolute Gasteiger partial charge is 0.483 e. The Morgan fingerprint density at radius 1 is 1.39 bits per heavy atom. The Kier molecular flexibility index (Phi) is 4.93. The number of hydrogen-bond donors (Lipinski definition) is 0. The molecular formula is C14H24N2O2. The number of aliphatic imine (C=N–C) groups is 2. The predicted octanol–water partition coefficient (Wildman–Crippen LogP) is 2.84. The Labute approximate surface area is 110 Å². The van der Waals surface area contributed by atoms with Gasteiger partial charge in [-0.1, -0.05) is 19.9 Å². The first-order chi connectivity index (χ1) is 8.48. The van der Waals surface area contributed by atoms with Crippen LogP contribution in [0.5, 0.6) is 0 Å². The van der Waals surface area contributed by atoms with Crippen LogP contribution in [0.2, 0.25) is 0 Å². The summed E-state index contributed by atoms with van der Waals surface area (Å²) in [5.41, 5.74) is -0.445. The molecule has 0 aromatic carbocycles. The molecule has 0 radical (unpaired) electrons. The van der Waals surface area contributed by atoms with Gasteiger partial charge in [-0.3, -0.25) is 0 Å². The standard InChI is InChI=1S/C14H24N2O2/c1-7-8-9-14(4)13(18-6)15-11(10(2)3)12(16-14)17-5/h7,10-11H,1,8-9H2,2-6H3/t11-,14-/m1/s1. The third kappa shape index (κ3) is 2.92. The van der Waals surface area contributed by atoms with Gasteiger partial charge in [-0.25, -0.2) is 9.98 Å². The molecule has 0 bridgehead atoms. The van der Waals surface area contributed by atoms with Crippen LogP contribution in [-0.4, -0.2) is 37.6 Å². The molecule has 18 heavy (non-hydrogen) atoms. The Balaban J connectivity index is 3.08. The zero-order valence-electron chi connectivity index (χ0n) is 12.1. The maximum Gasteiger partial charge on any atom is 0.212 e. The molecule has 2 atom stereocenters. The highest BCUT2D eigenvalue weighted by Crippen LogP contribution is 2.28. The van der Waals surface area contributed by atoms with Gasteiger partial charge in [0.25, 0.3) is 0 Å². The molecule has 4 heteroatoms. The molecule has 0 spiro atoms. The smallest absolute Gasteiger partial charge is 0.212 e. The second kappa shape index (κ2) is 6.03. The van der Waals surface area contributed by atoms with Gasteiger partial charge in [0.2, 0.25) is 11.8 Å². The third-order valence-electron chi connectivity index (χ3n) is 3.20. The lowest BCUT2D eigenvalue weighted by Crippen LogP contribution is -2.44. The van der Waals surface area contributed by atoms with Crippen LogP contribution in [0.3, 0.4) is 0 Å². The van der Waals surface area contributed by atoms with Crippen molar-refractivity contribution in [2.75, 3.05) is 14.2 Å². The molecule has 0 unspecified atom stereocenters. The van der Waals surface area contributed by atoms with Crippen molar-refractivity contribution >= 4 is 11.8 Å². The summed E-state index contributed by atoms with van der Waals surface area (Å²) in [6, 6.07) is -0.0539. The van der Waals surface area contributed by atoms with Gasteiger partial charge < -0.3 is 9.47 Å². The van der Waals surface area contributed by atoms with Crippen LogP contribution in [-0.2, 0) is 9.47 Å². The fourth-order valence-electron chi connectivity index (χ4n) is 2.10. The first-order valence-electron chi connectivity index (χ1n) is 6.35. The predicted molar refractivity (Wildman–Crippen MR) is 75.4 cm³/mol. The van der Waals surface area contributed by atoms with Crippen molar-refractivity contribution in [3.8, 4) is 0 Å². The molecule has 4 nitrogen and oxygen atoms in total. The van der Waals surface area contributed by atoms with E-state index in [-0.39, 0.29) is 6.04 Å². The van der Waals surface area contributed by atoms with Crippen LogP contribution < -0.4 is 0 Å². The van der Waals surface area contributed by atoms with Crippen molar-refractivity contribution in [3.05, 3.63) is 12.7 Å². The van der Waals surface area contributed by atoms with Crippen LogP contribution in [0.4, 0.5) is 0 Å². The number of allylic oxidation sites excluding steroid dienone is 1. The van der Waals surface area contributed by atoms with E-state index in [0.29, 0.717) is 17.7 Å². The lowest BCUT2D eigenvalue weighted by atomic mass is 9.92. The van der Waals surface area contributed by atoms with Crippen molar-refractivity contribution in [1.29, 1.82) is 0 Å². The monoisotopic (exact) mass is 252 g/mol. The average molecular weight is 252 g/mol. The first kappa shape index (κ1) is 14.7. The molecule has 102 valence electrons. The first-order valence-corrected chi connectivity index (χ1v) is 6.35. The quantitative estimate of drug-likeness (QED) is 0.722. The van der Waals surface area contributed by atoms with E-state index in [2.05, 4.69) is 25.4 Å². The maximum atomic E-state index is 5.43. The number of methoxy groups -OCH3 is 2. The molecule has 0 amide bonds. The minimum atomic E-state index is -0.445. The average Bonchev–Trinajstić information content (AvgIpc) is 2.35. The van der Waals surface area contributed by atoms with E-state index < -0.39 is 5.54 Å². The van der Waals surface area contributed by atoms with Gasteiger partial charge in [-0.05, 0) is 25.7 Å². The van der Waals surface area contributed by atoms with Gasteiger partial charge in [-0.2, -0.15) is 0 Å². The normalized spacial score (nSPS) is 27.6. The summed E-state index contributed by atoms with van der Waals surface area (Å²) >= 11 is 0. The van der Waals surface area contributed by atoms with Crippen LogP contribution in [0.25, 0.3) is 0 Å². The summed E-state index contributed by atoms with van der Waals surface area (Å²) in [5.74, 6) is 1.71. The van der Waals surface area contributed by atoms with E-state index in [0.717, 1.165) is 12.8 Å².